The molecule has 2 aromatic rings. The number of carbonyl (C=O) groups is 2. The summed E-state index contributed by atoms with van der Waals surface area (Å²) in [5, 5.41) is 0.141. The Balaban J connectivity index is 1.67. The Kier molecular flexibility index (Phi) is 5.96. The minimum atomic E-state index is -0.660. The van der Waals surface area contributed by atoms with Crippen LogP contribution in [0.25, 0.3) is 0 Å². The number of benzene rings is 2. The van der Waals surface area contributed by atoms with Crippen molar-refractivity contribution >= 4 is 23.5 Å². The van der Waals surface area contributed by atoms with E-state index in [1.807, 2.05) is 24.3 Å². The minimum Gasteiger partial charge on any atom is -0.491 e. The van der Waals surface area contributed by atoms with Gasteiger partial charge in [-0.05, 0) is 29.3 Å². The fraction of sp³-hybridized carbons (Fsp3) is 0.300. The van der Waals surface area contributed by atoms with Crippen LogP contribution < -0.4 is 4.74 Å². The molecule has 0 fully saturated rings. The maximum atomic E-state index is 13.1. The molecular weight excluding hydrogens is 373 g/mol. The van der Waals surface area contributed by atoms with E-state index in [1.165, 1.54) is 24.1 Å². The normalized spacial score (nSPS) is 15.8. The van der Waals surface area contributed by atoms with Gasteiger partial charge in [-0.15, -0.1) is 0 Å². The second kappa shape index (κ2) is 8.39. The highest BCUT2D eigenvalue weighted by molar-refractivity contribution is 6.32. The molecule has 1 aliphatic heterocycles. The maximum absolute atomic E-state index is 13.1. The first-order valence-electron chi connectivity index (χ1n) is 8.51. The van der Waals surface area contributed by atoms with Gasteiger partial charge in [-0.3, -0.25) is 4.79 Å². The van der Waals surface area contributed by atoms with Gasteiger partial charge in [-0.2, -0.15) is 0 Å². The number of methoxy groups -OCH3 is 1. The fourth-order valence-electron chi connectivity index (χ4n) is 3.12. The SMILES string of the molecule is COC(=O)C1Cc2ccccc2CN1C(=O)CCOc1ccc(F)cc1Cl. The molecule has 0 aromatic heterocycles. The van der Waals surface area contributed by atoms with E-state index in [1.54, 1.807) is 0 Å². The van der Waals surface area contributed by atoms with Crippen molar-refractivity contribution < 1.29 is 23.5 Å². The predicted octanol–water partition coefficient (Wildman–Crippen LogP) is 3.37. The summed E-state index contributed by atoms with van der Waals surface area (Å²) in [6.45, 7) is 0.405. The fourth-order valence-corrected chi connectivity index (χ4v) is 3.34. The first-order chi connectivity index (χ1) is 13.0. The molecule has 0 saturated heterocycles. The summed E-state index contributed by atoms with van der Waals surface area (Å²) in [5.41, 5.74) is 2.04. The third-order valence-electron chi connectivity index (χ3n) is 4.51. The van der Waals surface area contributed by atoms with Gasteiger partial charge in [0.1, 0.15) is 17.6 Å². The number of amides is 1. The van der Waals surface area contributed by atoms with Gasteiger partial charge in [0.2, 0.25) is 5.91 Å². The first-order valence-corrected chi connectivity index (χ1v) is 8.89. The van der Waals surface area contributed by atoms with E-state index in [0.29, 0.717) is 18.7 Å². The monoisotopic (exact) mass is 391 g/mol. The summed E-state index contributed by atoms with van der Waals surface area (Å²) in [6.07, 6.45) is 0.475. The van der Waals surface area contributed by atoms with Gasteiger partial charge in [0.25, 0.3) is 0 Å². The number of ether oxygens (including phenoxy) is 2. The van der Waals surface area contributed by atoms with E-state index < -0.39 is 17.8 Å². The van der Waals surface area contributed by atoms with Crippen molar-refractivity contribution in [3.63, 3.8) is 0 Å². The molecule has 1 aliphatic rings. The topological polar surface area (TPSA) is 55.8 Å². The zero-order chi connectivity index (χ0) is 19.4. The van der Waals surface area contributed by atoms with Crippen LogP contribution in [0.3, 0.4) is 0 Å². The van der Waals surface area contributed by atoms with Crippen molar-refractivity contribution in [2.24, 2.45) is 0 Å². The third kappa shape index (κ3) is 4.39. The summed E-state index contributed by atoms with van der Waals surface area (Å²) in [5.74, 6) is -0.825. The van der Waals surface area contributed by atoms with Crippen molar-refractivity contribution in [1.29, 1.82) is 0 Å². The minimum absolute atomic E-state index is 0.0589. The maximum Gasteiger partial charge on any atom is 0.328 e. The Labute approximate surface area is 161 Å². The summed E-state index contributed by atoms with van der Waals surface area (Å²) >= 11 is 5.91. The highest BCUT2D eigenvalue weighted by Crippen LogP contribution is 2.26. The number of hydrogen-bond donors (Lipinski definition) is 0. The summed E-state index contributed by atoms with van der Waals surface area (Å²) in [6, 6.07) is 10.8. The zero-order valence-corrected chi connectivity index (χ0v) is 15.5. The van der Waals surface area contributed by atoms with Crippen LogP contribution in [0.5, 0.6) is 5.75 Å². The van der Waals surface area contributed by atoms with Crippen molar-refractivity contribution in [2.75, 3.05) is 13.7 Å². The lowest BCUT2D eigenvalue weighted by Crippen LogP contribution is -2.49. The molecule has 2 aromatic carbocycles. The molecule has 1 atom stereocenters. The Hall–Kier alpha value is -2.60. The number of carbonyl (C=O) groups excluding carboxylic acids is 2. The first kappa shape index (κ1) is 19.2. The number of nitrogens with zero attached hydrogens (tertiary/aromatic N) is 1. The van der Waals surface area contributed by atoms with Gasteiger partial charge in [0, 0.05) is 13.0 Å². The van der Waals surface area contributed by atoms with E-state index in [2.05, 4.69) is 0 Å². The number of esters is 1. The van der Waals surface area contributed by atoms with E-state index >= 15 is 0 Å². The molecule has 142 valence electrons. The summed E-state index contributed by atoms with van der Waals surface area (Å²) in [4.78, 5) is 26.4. The van der Waals surface area contributed by atoms with Gasteiger partial charge in [0.15, 0.2) is 0 Å². The van der Waals surface area contributed by atoms with E-state index in [0.717, 1.165) is 17.2 Å². The molecule has 0 aliphatic carbocycles. The van der Waals surface area contributed by atoms with Gasteiger partial charge in [0.05, 0.1) is 25.2 Å². The molecule has 1 amide bonds. The van der Waals surface area contributed by atoms with Crippen LogP contribution in [-0.2, 0) is 27.3 Å². The molecule has 0 bridgehead atoms. The van der Waals surface area contributed by atoms with E-state index in [-0.39, 0.29) is 24.0 Å². The summed E-state index contributed by atoms with van der Waals surface area (Å²) < 4.78 is 23.4. The molecule has 0 saturated carbocycles. The molecule has 5 nitrogen and oxygen atoms in total. The van der Waals surface area contributed by atoms with Crippen LogP contribution in [0.2, 0.25) is 5.02 Å². The zero-order valence-electron chi connectivity index (χ0n) is 14.8. The smallest absolute Gasteiger partial charge is 0.328 e. The quantitative estimate of drug-likeness (QED) is 0.733. The highest BCUT2D eigenvalue weighted by Gasteiger charge is 2.35. The molecule has 27 heavy (non-hydrogen) atoms. The predicted molar refractivity (Wildman–Crippen MR) is 98.0 cm³/mol. The lowest BCUT2D eigenvalue weighted by molar-refractivity contribution is -0.154. The number of hydrogen-bond acceptors (Lipinski definition) is 4. The highest BCUT2D eigenvalue weighted by atomic mass is 35.5. The Bertz CT molecular complexity index is 858. The number of halogens is 2. The standard InChI is InChI=1S/C20H19ClFNO4/c1-26-20(25)17-10-13-4-2-3-5-14(13)12-23(17)19(24)8-9-27-18-7-6-15(22)11-16(18)21/h2-7,11,17H,8-10,12H2,1H3. The van der Waals surface area contributed by atoms with Gasteiger partial charge in [-0.1, -0.05) is 35.9 Å². The van der Waals surface area contributed by atoms with Crippen LogP contribution in [0, 0.1) is 5.82 Å². The van der Waals surface area contributed by atoms with E-state index in [4.69, 9.17) is 21.1 Å². The van der Waals surface area contributed by atoms with E-state index in [9.17, 15) is 14.0 Å². The molecular formula is C20H19ClFNO4. The number of rotatable bonds is 5. The number of fused-ring (bicyclic) bond motifs is 1. The van der Waals surface area contributed by atoms with Crippen molar-refractivity contribution in [3.05, 3.63) is 64.4 Å². The third-order valence-corrected chi connectivity index (χ3v) is 4.80. The van der Waals surface area contributed by atoms with Crippen molar-refractivity contribution in [1.82, 2.24) is 4.90 Å². The Morgan fingerprint density at radius 1 is 1.22 bits per heavy atom. The van der Waals surface area contributed by atoms with Crippen LogP contribution in [-0.4, -0.2) is 36.5 Å². The molecule has 0 N–H and O–H groups in total. The average molecular weight is 392 g/mol. The van der Waals surface area contributed by atoms with Gasteiger partial charge < -0.3 is 14.4 Å². The molecule has 0 radical (unpaired) electrons. The van der Waals surface area contributed by atoms with Crippen LogP contribution in [0.4, 0.5) is 4.39 Å². The molecule has 0 spiro atoms. The Morgan fingerprint density at radius 2 is 1.96 bits per heavy atom. The lowest BCUT2D eigenvalue weighted by atomic mass is 9.93. The molecule has 1 unspecified atom stereocenters. The molecule has 1 heterocycles. The largest absolute Gasteiger partial charge is 0.491 e. The van der Waals surface area contributed by atoms with Crippen LogP contribution in [0.1, 0.15) is 17.5 Å². The van der Waals surface area contributed by atoms with Crippen molar-refractivity contribution in [2.45, 2.75) is 25.4 Å². The molecule has 3 rings (SSSR count). The second-order valence-electron chi connectivity index (χ2n) is 6.21. The molecule has 7 heteroatoms. The lowest BCUT2D eigenvalue weighted by Gasteiger charge is -2.35. The van der Waals surface area contributed by atoms with Crippen LogP contribution in [0.15, 0.2) is 42.5 Å². The van der Waals surface area contributed by atoms with Crippen LogP contribution >= 0.6 is 11.6 Å². The average Bonchev–Trinajstić information content (AvgIpc) is 2.67. The van der Waals surface area contributed by atoms with Gasteiger partial charge >= 0.3 is 5.97 Å². The van der Waals surface area contributed by atoms with Gasteiger partial charge in [-0.25, -0.2) is 9.18 Å². The van der Waals surface area contributed by atoms with Crippen molar-refractivity contribution in [3.8, 4) is 5.75 Å². The Morgan fingerprint density at radius 3 is 2.67 bits per heavy atom. The summed E-state index contributed by atoms with van der Waals surface area (Å²) in [7, 11) is 1.31. The second-order valence-corrected chi connectivity index (χ2v) is 6.61.